The number of carboxylic acids is 4. The molecule has 2 aliphatic rings. The van der Waals surface area contributed by atoms with Gasteiger partial charge in [-0.2, -0.15) is 0 Å². The number of piperidine rings is 1. The van der Waals surface area contributed by atoms with Crippen LogP contribution < -0.4 is 0 Å². The molecule has 200 valence electrons. The van der Waals surface area contributed by atoms with Crippen molar-refractivity contribution in [1.29, 1.82) is 0 Å². The lowest BCUT2D eigenvalue weighted by molar-refractivity contribution is -0.134. The number of aromatic nitrogens is 1. The molecule has 1 aliphatic heterocycles. The first-order valence-electron chi connectivity index (χ1n) is 11.8. The van der Waals surface area contributed by atoms with Gasteiger partial charge in [0.05, 0.1) is 5.69 Å². The number of aliphatic carboxylic acids is 4. The number of carbonyl (C=O) groups is 4. The van der Waals surface area contributed by atoms with Gasteiger partial charge in [-0.05, 0) is 55.5 Å². The summed E-state index contributed by atoms with van der Waals surface area (Å²) in [5.41, 5.74) is 8.54. The second-order valence-electron chi connectivity index (χ2n) is 8.47. The van der Waals surface area contributed by atoms with E-state index in [1.807, 2.05) is 6.20 Å². The van der Waals surface area contributed by atoms with Crippen molar-refractivity contribution in [3.63, 3.8) is 0 Å². The molecule has 0 amide bonds. The van der Waals surface area contributed by atoms with Gasteiger partial charge in [0.15, 0.2) is 0 Å². The molecule has 1 aromatic carbocycles. The van der Waals surface area contributed by atoms with Gasteiger partial charge in [0.1, 0.15) is 0 Å². The Bertz CT molecular complexity index is 1140. The summed E-state index contributed by atoms with van der Waals surface area (Å²) in [5, 5.41) is 31.2. The van der Waals surface area contributed by atoms with E-state index in [1.54, 1.807) is 5.57 Å². The van der Waals surface area contributed by atoms with Crippen molar-refractivity contribution in [3.05, 3.63) is 94.9 Å². The molecule has 1 fully saturated rings. The topological polar surface area (TPSA) is 165 Å². The average molecular weight is 523 g/mol. The van der Waals surface area contributed by atoms with Gasteiger partial charge in [0, 0.05) is 49.2 Å². The zero-order valence-corrected chi connectivity index (χ0v) is 20.9. The number of carboxylic acid groups (broad SMARTS) is 4. The van der Waals surface area contributed by atoms with Crippen LogP contribution in [0.2, 0.25) is 0 Å². The highest BCUT2D eigenvalue weighted by molar-refractivity contribution is 5.90. The molecule has 0 unspecified atom stereocenters. The van der Waals surface area contributed by atoms with Crippen LogP contribution in [0.1, 0.15) is 35.2 Å². The zero-order chi connectivity index (χ0) is 28.1. The number of nitrogens with zero attached hydrogens (tertiary/aromatic N) is 2. The average Bonchev–Trinajstić information content (AvgIpc) is 3.05. The van der Waals surface area contributed by atoms with Gasteiger partial charge in [-0.15, -0.1) is 0 Å². The minimum Gasteiger partial charge on any atom is -0.478 e. The van der Waals surface area contributed by atoms with Crippen LogP contribution in [-0.2, 0) is 32.0 Å². The van der Waals surface area contributed by atoms with Gasteiger partial charge in [-0.1, -0.05) is 35.9 Å². The van der Waals surface area contributed by atoms with E-state index in [0.29, 0.717) is 24.3 Å². The van der Waals surface area contributed by atoms with Crippen LogP contribution in [-0.4, -0.2) is 74.3 Å². The van der Waals surface area contributed by atoms with Crippen LogP contribution in [0.3, 0.4) is 0 Å². The maximum Gasteiger partial charge on any atom is 0.328 e. The highest BCUT2D eigenvalue weighted by Gasteiger charge is 2.23. The number of rotatable bonds is 4. The van der Waals surface area contributed by atoms with Crippen molar-refractivity contribution >= 4 is 29.5 Å². The van der Waals surface area contributed by atoms with Crippen molar-refractivity contribution in [3.8, 4) is 0 Å². The summed E-state index contributed by atoms with van der Waals surface area (Å²) in [6.45, 7) is 2.31. The third-order valence-electron chi connectivity index (χ3n) is 5.76. The minimum atomic E-state index is -1.26. The third kappa shape index (κ3) is 9.82. The summed E-state index contributed by atoms with van der Waals surface area (Å²) in [7, 11) is 2.22. The smallest absolute Gasteiger partial charge is 0.328 e. The van der Waals surface area contributed by atoms with Crippen molar-refractivity contribution < 1.29 is 39.6 Å². The maximum absolute atomic E-state index is 9.55. The van der Waals surface area contributed by atoms with Gasteiger partial charge in [-0.3, -0.25) is 4.98 Å². The summed E-state index contributed by atoms with van der Waals surface area (Å²) in [6.07, 6.45) is 8.71. The lowest BCUT2D eigenvalue weighted by Gasteiger charge is -2.27. The molecular formula is C28H30N2O8. The molecule has 4 N–H and O–H groups in total. The van der Waals surface area contributed by atoms with E-state index in [9.17, 15) is 19.2 Å². The van der Waals surface area contributed by atoms with Crippen LogP contribution in [0.5, 0.6) is 0 Å². The fraction of sp³-hybridized carbons (Fsp3) is 0.250. The third-order valence-corrected chi connectivity index (χ3v) is 5.76. The SMILES string of the molecule is CN1CCC(=C2c3ccccc3CCc3cccnc32)CC1.O=C(O)C=CC(=O)O.O=C(O)C=CC(=O)O. The first kappa shape index (κ1) is 29.7. The summed E-state index contributed by atoms with van der Waals surface area (Å²) in [6, 6.07) is 13.2. The maximum atomic E-state index is 9.55. The molecule has 10 nitrogen and oxygen atoms in total. The quantitative estimate of drug-likeness (QED) is 0.438. The number of hydrogen-bond donors (Lipinski definition) is 4. The Morgan fingerprint density at radius 1 is 0.711 bits per heavy atom. The van der Waals surface area contributed by atoms with Crippen LogP contribution in [0.4, 0.5) is 0 Å². The molecule has 38 heavy (non-hydrogen) atoms. The second kappa shape index (κ2) is 14.9. The highest BCUT2D eigenvalue weighted by Crippen LogP contribution is 2.37. The Kier molecular flexibility index (Phi) is 11.6. The van der Waals surface area contributed by atoms with E-state index >= 15 is 0 Å². The van der Waals surface area contributed by atoms with Crippen LogP contribution >= 0.6 is 0 Å². The van der Waals surface area contributed by atoms with Gasteiger partial charge in [-0.25, -0.2) is 19.2 Å². The van der Waals surface area contributed by atoms with Crippen molar-refractivity contribution in [2.24, 2.45) is 0 Å². The number of likely N-dealkylation sites (tertiary alicyclic amines) is 1. The van der Waals surface area contributed by atoms with Gasteiger partial charge in [0.25, 0.3) is 0 Å². The predicted molar refractivity (Wildman–Crippen MR) is 140 cm³/mol. The first-order chi connectivity index (χ1) is 18.1. The van der Waals surface area contributed by atoms with Crippen LogP contribution in [0.15, 0.2) is 72.5 Å². The van der Waals surface area contributed by atoms with Gasteiger partial charge in [0.2, 0.25) is 0 Å². The van der Waals surface area contributed by atoms with E-state index < -0.39 is 23.9 Å². The fourth-order valence-electron chi connectivity index (χ4n) is 4.03. The lowest BCUT2D eigenvalue weighted by Crippen LogP contribution is -2.27. The Balaban J connectivity index is 0.000000264. The number of aryl methyl sites for hydroxylation is 2. The molecule has 1 aliphatic carbocycles. The Hall–Kier alpha value is -4.57. The van der Waals surface area contributed by atoms with E-state index in [0.717, 1.165) is 38.8 Å². The fourth-order valence-corrected chi connectivity index (χ4v) is 4.03. The summed E-state index contributed by atoms with van der Waals surface area (Å²) >= 11 is 0. The van der Waals surface area contributed by atoms with Crippen molar-refractivity contribution in [1.82, 2.24) is 9.88 Å². The van der Waals surface area contributed by atoms with E-state index in [4.69, 9.17) is 25.4 Å². The molecule has 1 saturated heterocycles. The summed E-state index contributed by atoms with van der Waals surface area (Å²) < 4.78 is 0. The molecule has 0 spiro atoms. The van der Waals surface area contributed by atoms with E-state index in [-0.39, 0.29) is 0 Å². The molecule has 4 rings (SSSR count). The van der Waals surface area contributed by atoms with Crippen molar-refractivity contribution in [2.75, 3.05) is 20.1 Å². The number of benzene rings is 1. The summed E-state index contributed by atoms with van der Waals surface area (Å²) in [4.78, 5) is 45.4. The second-order valence-corrected chi connectivity index (χ2v) is 8.47. The lowest BCUT2D eigenvalue weighted by atomic mass is 9.89. The van der Waals surface area contributed by atoms with E-state index in [1.165, 1.54) is 28.0 Å². The molecule has 0 bridgehead atoms. The minimum absolute atomic E-state index is 0.558. The molecule has 2 heterocycles. The van der Waals surface area contributed by atoms with Gasteiger partial charge >= 0.3 is 23.9 Å². The molecular weight excluding hydrogens is 492 g/mol. The van der Waals surface area contributed by atoms with Gasteiger partial charge < -0.3 is 25.3 Å². The van der Waals surface area contributed by atoms with E-state index in [2.05, 4.69) is 48.3 Å². The Labute approximate surface area is 219 Å². The molecule has 2 aromatic rings. The highest BCUT2D eigenvalue weighted by atomic mass is 16.4. The Morgan fingerprint density at radius 2 is 1.18 bits per heavy atom. The summed E-state index contributed by atoms with van der Waals surface area (Å²) in [5.74, 6) is -5.03. The largest absolute Gasteiger partial charge is 0.478 e. The predicted octanol–water partition coefficient (Wildman–Crippen LogP) is 3.13. The number of fused-ring (bicyclic) bond motifs is 2. The first-order valence-corrected chi connectivity index (χ1v) is 11.8. The monoisotopic (exact) mass is 522 g/mol. The van der Waals surface area contributed by atoms with Crippen LogP contribution in [0.25, 0.3) is 5.57 Å². The molecule has 10 heteroatoms. The molecule has 0 radical (unpaired) electrons. The molecule has 0 saturated carbocycles. The number of pyridine rings is 1. The van der Waals surface area contributed by atoms with Crippen LogP contribution in [0, 0.1) is 0 Å². The number of hydrogen-bond acceptors (Lipinski definition) is 6. The zero-order valence-electron chi connectivity index (χ0n) is 20.9. The Morgan fingerprint density at radius 3 is 1.71 bits per heavy atom. The standard InChI is InChI=1S/C20H22N2.2C4H4O4/c1-22-13-10-16(11-14-22)19-18-7-3-2-5-15(18)8-9-17-6-4-12-21-20(17)19;2*5-3(6)1-2-4(7)8/h2-7,12H,8-11,13-14H2,1H3;2*1-2H,(H,5,6)(H,7,8). The van der Waals surface area contributed by atoms with Crippen molar-refractivity contribution in [2.45, 2.75) is 25.7 Å². The normalized spacial score (nSPS) is 14.8. The molecule has 0 atom stereocenters. The molecule has 1 aromatic heterocycles.